The molecule has 156 valence electrons. The molecule has 1 aliphatic heterocycles. The van der Waals surface area contributed by atoms with Gasteiger partial charge in [-0.3, -0.25) is 9.79 Å². The van der Waals surface area contributed by atoms with Crippen LogP contribution in [-0.2, 0) is 4.79 Å². The van der Waals surface area contributed by atoms with Gasteiger partial charge in [-0.2, -0.15) is 0 Å². The molecule has 2 aromatic carbocycles. The molecule has 2 aromatic rings. The Kier molecular flexibility index (Phi) is 7.17. The van der Waals surface area contributed by atoms with Gasteiger partial charge in [0.1, 0.15) is 5.75 Å². The molecular formula is C23H27N5O2. The van der Waals surface area contributed by atoms with Crippen molar-refractivity contribution in [1.82, 2.24) is 10.6 Å². The van der Waals surface area contributed by atoms with Gasteiger partial charge in [0.15, 0.2) is 5.96 Å². The van der Waals surface area contributed by atoms with E-state index in [0.29, 0.717) is 11.6 Å². The fourth-order valence-corrected chi connectivity index (χ4v) is 3.43. The second-order valence-electron chi connectivity index (χ2n) is 6.95. The summed E-state index contributed by atoms with van der Waals surface area (Å²) in [4.78, 5) is 18.8. The number of amides is 1. The summed E-state index contributed by atoms with van der Waals surface area (Å²) in [5.41, 5.74) is 2.48. The molecule has 1 fully saturated rings. The number of guanidine groups is 1. The normalized spacial score (nSPS) is 16.0. The Hall–Kier alpha value is -3.66. The fourth-order valence-electron chi connectivity index (χ4n) is 3.43. The van der Waals surface area contributed by atoms with E-state index in [1.165, 1.54) is 0 Å². The molecule has 1 saturated heterocycles. The van der Waals surface area contributed by atoms with Crippen LogP contribution in [0.3, 0.4) is 0 Å². The molecule has 0 radical (unpaired) electrons. The Morgan fingerprint density at radius 2 is 2.13 bits per heavy atom. The molecule has 0 saturated carbocycles. The van der Waals surface area contributed by atoms with Crippen LogP contribution in [0.1, 0.15) is 12.0 Å². The molecule has 3 rings (SSSR count). The highest BCUT2D eigenvalue weighted by Gasteiger charge is 2.25. The van der Waals surface area contributed by atoms with Gasteiger partial charge < -0.3 is 25.6 Å². The van der Waals surface area contributed by atoms with Gasteiger partial charge in [0.25, 0.3) is 0 Å². The molecule has 1 amide bonds. The number of hydrogen-bond acceptors (Lipinski definition) is 4. The van der Waals surface area contributed by atoms with E-state index in [2.05, 4.69) is 37.8 Å². The van der Waals surface area contributed by atoms with Crippen LogP contribution < -0.4 is 25.6 Å². The summed E-state index contributed by atoms with van der Waals surface area (Å²) >= 11 is 0. The third kappa shape index (κ3) is 5.45. The van der Waals surface area contributed by atoms with E-state index in [4.69, 9.17) is 11.2 Å². The van der Waals surface area contributed by atoms with Crippen molar-refractivity contribution >= 4 is 23.2 Å². The first-order valence-corrected chi connectivity index (χ1v) is 9.84. The number of nitrogens with zero attached hydrogens (tertiary/aromatic N) is 2. The van der Waals surface area contributed by atoms with Crippen LogP contribution in [0.25, 0.3) is 0 Å². The molecule has 0 aliphatic carbocycles. The molecule has 30 heavy (non-hydrogen) atoms. The Morgan fingerprint density at radius 3 is 2.90 bits per heavy atom. The molecule has 7 nitrogen and oxygen atoms in total. The number of aliphatic imine (C=N–C) groups is 1. The molecule has 1 aliphatic rings. The third-order valence-electron chi connectivity index (χ3n) is 4.91. The van der Waals surface area contributed by atoms with E-state index in [9.17, 15) is 4.79 Å². The average Bonchev–Trinajstić information content (AvgIpc) is 3.25. The monoisotopic (exact) mass is 405 g/mol. The van der Waals surface area contributed by atoms with Crippen LogP contribution in [0.15, 0.2) is 53.5 Å². The van der Waals surface area contributed by atoms with Gasteiger partial charge in [-0.15, -0.1) is 6.42 Å². The number of ether oxygens (including phenoxy) is 1. The summed E-state index contributed by atoms with van der Waals surface area (Å²) < 4.78 is 5.47. The first-order chi connectivity index (χ1) is 14.6. The van der Waals surface area contributed by atoms with Crippen molar-refractivity contribution in [3.8, 4) is 18.1 Å². The maximum atomic E-state index is 12.2. The SMILES string of the molecule is C#Cc1cccc(NC(=O)CNC(=NC)NC2CCN(c3ccccc3OC)C2)c1. The largest absolute Gasteiger partial charge is 0.495 e. The van der Waals surface area contributed by atoms with Crippen molar-refractivity contribution in [3.05, 3.63) is 54.1 Å². The van der Waals surface area contributed by atoms with Gasteiger partial charge in [-0.1, -0.05) is 24.1 Å². The first kappa shape index (κ1) is 21.1. The summed E-state index contributed by atoms with van der Waals surface area (Å²) in [6.45, 7) is 1.84. The number of para-hydroxylation sites is 2. The van der Waals surface area contributed by atoms with Crippen LogP contribution in [0.4, 0.5) is 11.4 Å². The zero-order valence-electron chi connectivity index (χ0n) is 17.3. The highest BCUT2D eigenvalue weighted by Crippen LogP contribution is 2.30. The summed E-state index contributed by atoms with van der Waals surface area (Å²) in [6, 6.07) is 15.4. The van der Waals surface area contributed by atoms with Crippen LogP contribution >= 0.6 is 0 Å². The number of hydrogen-bond donors (Lipinski definition) is 3. The fraction of sp³-hybridized carbons (Fsp3) is 0.304. The number of anilines is 2. The van der Waals surface area contributed by atoms with Crippen molar-refractivity contribution < 1.29 is 9.53 Å². The van der Waals surface area contributed by atoms with Gasteiger partial charge in [-0.05, 0) is 36.8 Å². The summed E-state index contributed by atoms with van der Waals surface area (Å²) in [5, 5.41) is 9.28. The number of nitrogens with one attached hydrogen (secondary N) is 3. The minimum Gasteiger partial charge on any atom is -0.495 e. The molecule has 0 spiro atoms. The predicted molar refractivity (Wildman–Crippen MR) is 121 cm³/mol. The smallest absolute Gasteiger partial charge is 0.243 e. The minimum absolute atomic E-state index is 0.100. The Balaban J connectivity index is 1.49. The number of rotatable bonds is 6. The molecule has 3 N–H and O–H groups in total. The van der Waals surface area contributed by atoms with Gasteiger partial charge in [0, 0.05) is 37.4 Å². The second-order valence-corrected chi connectivity index (χ2v) is 6.95. The zero-order chi connectivity index (χ0) is 21.3. The van der Waals surface area contributed by atoms with Crippen LogP contribution in [0, 0.1) is 12.3 Å². The minimum atomic E-state index is -0.172. The Bertz CT molecular complexity index is 951. The predicted octanol–water partition coefficient (Wildman–Crippen LogP) is 2.06. The topological polar surface area (TPSA) is 78.0 Å². The van der Waals surface area contributed by atoms with Crippen molar-refractivity contribution in [1.29, 1.82) is 0 Å². The third-order valence-corrected chi connectivity index (χ3v) is 4.91. The molecular weight excluding hydrogens is 378 g/mol. The average molecular weight is 406 g/mol. The number of carbonyl (C=O) groups excluding carboxylic acids is 1. The summed E-state index contributed by atoms with van der Waals surface area (Å²) in [5.74, 6) is 3.84. The Labute approximate surface area is 177 Å². The quantitative estimate of drug-likeness (QED) is 0.390. The van der Waals surface area contributed by atoms with E-state index in [1.807, 2.05) is 30.3 Å². The summed E-state index contributed by atoms with van der Waals surface area (Å²) in [7, 11) is 3.38. The molecule has 1 heterocycles. The standard InChI is InChI=1S/C23H27N5O2/c1-4-17-8-7-9-18(14-17)26-22(29)15-25-23(24-2)27-19-12-13-28(16-19)20-10-5-6-11-21(20)30-3/h1,5-11,14,19H,12-13,15-16H2,2-3H3,(H,26,29)(H2,24,25,27). The van der Waals surface area contributed by atoms with E-state index >= 15 is 0 Å². The lowest BCUT2D eigenvalue weighted by atomic mass is 10.2. The molecule has 0 bridgehead atoms. The highest BCUT2D eigenvalue weighted by atomic mass is 16.5. The second kappa shape index (κ2) is 10.2. The molecule has 0 aromatic heterocycles. The van der Waals surface area contributed by atoms with Gasteiger partial charge in [0.05, 0.1) is 19.3 Å². The van der Waals surface area contributed by atoms with Crippen molar-refractivity contribution in [2.24, 2.45) is 4.99 Å². The van der Waals surface area contributed by atoms with Gasteiger partial charge in [0.2, 0.25) is 5.91 Å². The molecule has 7 heteroatoms. The molecule has 1 unspecified atom stereocenters. The maximum absolute atomic E-state index is 12.2. The van der Waals surface area contributed by atoms with Crippen LogP contribution in [0.2, 0.25) is 0 Å². The zero-order valence-corrected chi connectivity index (χ0v) is 17.3. The molecule has 1 atom stereocenters. The van der Waals surface area contributed by atoms with Gasteiger partial charge >= 0.3 is 0 Å². The van der Waals surface area contributed by atoms with Crippen molar-refractivity contribution in [2.45, 2.75) is 12.5 Å². The Morgan fingerprint density at radius 1 is 1.30 bits per heavy atom. The number of benzene rings is 2. The van der Waals surface area contributed by atoms with Crippen molar-refractivity contribution in [2.75, 3.05) is 44.0 Å². The summed E-state index contributed by atoms with van der Waals surface area (Å²) in [6.07, 6.45) is 6.36. The lowest BCUT2D eigenvalue weighted by Gasteiger charge is -2.22. The maximum Gasteiger partial charge on any atom is 0.243 e. The van der Waals surface area contributed by atoms with Gasteiger partial charge in [-0.25, -0.2) is 0 Å². The van der Waals surface area contributed by atoms with E-state index < -0.39 is 0 Å². The van der Waals surface area contributed by atoms with E-state index in [-0.39, 0.29) is 18.5 Å². The first-order valence-electron chi connectivity index (χ1n) is 9.84. The van der Waals surface area contributed by atoms with E-state index in [0.717, 1.165) is 36.5 Å². The lowest BCUT2D eigenvalue weighted by molar-refractivity contribution is -0.115. The van der Waals surface area contributed by atoms with Crippen LogP contribution in [-0.4, -0.2) is 51.7 Å². The number of carbonyl (C=O) groups is 1. The van der Waals surface area contributed by atoms with Crippen molar-refractivity contribution in [3.63, 3.8) is 0 Å². The van der Waals surface area contributed by atoms with E-state index in [1.54, 1.807) is 26.3 Å². The van der Waals surface area contributed by atoms with Crippen LogP contribution in [0.5, 0.6) is 5.75 Å². The lowest BCUT2D eigenvalue weighted by Crippen LogP contribution is -2.46. The number of methoxy groups -OCH3 is 1. The number of terminal acetylenes is 1. The highest BCUT2D eigenvalue weighted by molar-refractivity contribution is 5.95.